The second-order valence-electron chi connectivity index (χ2n) is 8.88. The van der Waals surface area contributed by atoms with E-state index in [0.29, 0.717) is 12.3 Å². The molecular weight excluding hydrogens is 394 g/mol. The molecular formula is C23H29N5OS. The van der Waals surface area contributed by atoms with Gasteiger partial charge in [-0.05, 0) is 57.9 Å². The van der Waals surface area contributed by atoms with Gasteiger partial charge >= 0.3 is 0 Å². The van der Waals surface area contributed by atoms with E-state index in [1.165, 1.54) is 0 Å². The second-order valence-corrected chi connectivity index (χ2v) is 9.93. The van der Waals surface area contributed by atoms with Gasteiger partial charge in [0.15, 0.2) is 5.82 Å². The Bertz CT molecular complexity index is 940. The number of piperidine rings is 1. The first-order chi connectivity index (χ1) is 14.3. The van der Waals surface area contributed by atoms with E-state index in [9.17, 15) is 4.79 Å². The van der Waals surface area contributed by atoms with Crippen molar-refractivity contribution in [1.29, 1.82) is 0 Å². The lowest BCUT2D eigenvalue weighted by Gasteiger charge is -2.47. The van der Waals surface area contributed by atoms with Crippen LogP contribution in [0.1, 0.15) is 33.6 Å². The van der Waals surface area contributed by atoms with Crippen molar-refractivity contribution < 1.29 is 4.79 Å². The zero-order chi connectivity index (χ0) is 21.2. The topological polar surface area (TPSA) is 69.6 Å². The Morgan fingerprint density at radius 3 is 2.80 bits per heavy atom. The number of anilines is 2. The van der Waals surface area contributed by atoms with Crippen molar-refractivity contribution in [1.82, 2.24) is 9.88 Å². The first-order valence-electron chi connectivity index (χ1n) is 10.4. The molecule has 1 atom stereocenters. The minimum Gasteiger partial charge on any atom is -0.368 e. The maximum atomic E-state index is 13.0. The summed E-state index contributed by atoms with van der Waals surface area (Å²) in [7, 11) is 0. The minimum absolute atomic E-state index is 0.164. The molecule has 0 aliphatic carbocycles. The van der Waals surface area contributed by atoms with Crippen molar-refractivity contribution in [2.75, 3.05) is 29.5 Å². The van der Waals surface area contributed by atoms with E-state index >= 15 is 0 Å². The van der Waals surface area contributed by atoms with Gasteiger partial charge < -0.3 is 15.5 Å². The van der Waals surface area contributed by atoms with E-state index in [1.807, 2.05) is 47.4 Å². The number of amidine groups is 1. The highest BCUT2D eigenvalue weighted by molar-refractivity contribution is 8.00. The van der Waals surface area contributed by atoms with Crippen LogP contribution in [0.3, 0.4) is 0 Å². The summed E-state index contributed by atoms with van der Waals surface area (Å²) in [6.45, 7) is 7.64. The largest absolute Gasteiger partial charge is 0.368 e. The van der Waals surface area contributed by atoms with Gasteiger partial charge in [-0.3, -0.25) is 9.79 Å². The van der Waals surface area contributed by atoms with E-state index < -0.39 is 5.54 Å². The summed E-state index contributed by atoms with van der Waals surface area (Å²) in [5, 5.41) is 7.15. The number of fused-ring (bicyclic) bond motifs is 1. The number of aliphatic imine (C=N–C) groups is 1. The van der Waals surface area contributed by atoms with Crippen LogP contribution in [0.15, 0.2) is 58.5 Å². The molecule has 1 fully saturated rings. The lowest BCUT2D eigenvalue weighted by Crippen LogP contribution is -2.63. The van der Waals surface area contributed by atoms with Gasteiger partial charge in [0.1, 0.15) is 11.4 Å². The van der Waals surface area contributed by atoms with Gasteiger partial charge in [0.05, 0.1) is 23.5 Å². The molecule has 2 aliphatic heterocycles. The predicted octanol–water partition coefficient (Wildman–Crippen LogP) is 4.27. The summed E-state index contributed by atoms with van der Waals surface area (Å²) in [4.78, 5) is 25.6. The first-order valence-corrected chi connectivity index (χ1v) is 11.4. The van der Waals surface area contributed by atoms with Crippen LogP contribution in [-0.4, -0.2) is 51.5 Å². The van der Waals surface area contributed by atoms with Crippen molar-refractivity contribution in [3.05, 3.63) is 48.7 Å². The molecule has 3 heterocycles. The van der Waals surface area contributed by atoms with Gasteiger partial charge in [-0.1, -0.05) is 18.2 Å². The molecule has 2 N–H and O–H groups in total. The lowest BCUT2D eigenvalue weighted by molar-refractivity contribution is -0.129. The van der Waals surface area contributed by atoms with Crippen molar-refractivity contribution in [2.24, 2.45) is 4.99 Å². The number of nitrogens with zero attached hydrogens (tertiary/aromatic N) is 3. The molecule has 4 rings (SSSR count). The fraction of sp³-hybridized carbons (Fsp3) is 0.435. The number of benzene rings is 1. The van der Waals surface area contributed by atoms with Crippen molar-refractivity contribution in [3.63, 3.8) is 0 Å². The molecule has 30 heavy (non-hydrogen) atoms. The fourth-order valence-corrected chi connectivity index (χ4v) is 4.76. The number of carbonyl (C=O) groups is 1. The van der Waals surface area contributed by atoms with Crippen LogP contribution in [0.2, 0.25) is 0 Å². The molecule has 0 radical (unpaired) electrons. The fourth-order valence-electron chi connectivity index (χ4n) is 3.94. The van der Waals surface area contributed by atoms with E-state index in [-0.39, 0.29) is 11.4 Å². The Kier molecular flexibility index (Phi) is 5.73. The number of aromatic nitrogens is 1. The molecule has 1 spiro atoms. The summed E-state index contributed by atoms with van der Waals surface area (Å²) in [6.07, 6.45) is 3.62. The van der Waals surface area contributed by atoms with Crippen LogP contribution in [0.25, 0.3) is 0 Å². The van der Waals surface area contributed by atoms with Crippen LogP contribution in [-0.2, 0) is 4.79 Å². The van der Waals surface area contributed by atoms with Crippen LogP contribution in [0, 0.1) is 0 Å². The maximum Gasteiger partial charge on any atom is 0.233 e. The molecule has 1 aromatic carbocycles. The van der Waals surface area contributed by atoms with Crippen LogP contribution < -0.4 is 10.6 Å². The third kappa shape index (κ3) is 4.61. The Balaban J connectivity index is 1.56. The Labute approximate surface area is 182 Å². The molecule has 6 nitrogen and oxygen atoms in total. The SMILES string of the molecule is CC(C)(C)N=C1Nc2ncccc2NC12CCCN(C(=O)CSc1ccccc1)C2. The molecule has 1 saturated heterocycles. The van der Waals surface area contributed by atoms with Gasteiger partial charge in [0.2, 0.25) is 5.91 Å². The van der Waals surface area contributed by atoms with E-state index in [4.69, 9.17) is 4.99 Å². The summed E-state index contributed by atoms with van der Waals surface area (Å²) >= 11 is 1.59. The molecule has 1 amide bonds. The molecule has 1 aromatic heterocycles. The zero-order valence-electron chi connectivity index (χ0n) is 17.8. The van der Waals surface area contributed by atoms with Crippen molar-refractivity contribution in [2.45, 2.75) is 49.6 Å². The number of carbonyl (C=O) groups excluding carboxylic acids is 1. The standard InChI is InChI=1S/C23H29N5OS/c1-22(2,3)27-21-23(26-18-11-7-13-24-20(18)25-21)12-8-14-28(16-23)19(29)15-30-17-9-5-4-6-10-17/h4-7,9-11,13,26H,8,12,14-16H2,1-3H3,(H,24,25,27). The number of pyridine rings is 1. The molecule has 0 bridgehead atoms. The van der Waals surface area contributed by atoms with Crippen LogP contribution in [0.4, 0.5) is 11.5 Å². The third-order valence-electron chi connectivity index (χ3n) is 5.27. The predicted molar refractivity (Wildman–Crippen MR) is 124 cm³/mol. The summed E-state index contributed by atoms with van der Waals surface area (Å²) in [5.74, 6) is 2.26. The lowest BCUT2D eigenvalue weighted by atomic mass is 9.85. The maximum absolute atomic E-state index is 13.0. The van der Waals surface area contributed by atoms with E-state index in [1.54, 1.807) is 18.0 Å². The van der Waals surface area contributed by atoms with Crippen LogP contribution >= 0.6 is 11.8 Å². The average Bonchev–Trinajstić information content (AvgIpc) is 2.72. The molecule has 2 aromatic rings. The molecule has 0 saturated carbocycles. The first kappa shape index (κ1) is 20.7. The quantitative estimate of drug-likeness (QED) is 0.722. The van der Waals surface area contributed by atoms with Crippen molar-refractivity contribution >= 4 is 35.0 Å². The van der Waals surface area contributed by atoms with E-state index in [2.05, 4.69) is 36.4 Å². The summed E-state index contributed by atoms with van der Waals surface area (Å²) in [5.41, 5.74) is 0.297. The smallest absolute Gasteiger partial charge is 0.233 e. The number of nitrogens with one attached hydrogen (secondary N) is 2. The Hall–Kier alpha value is -2.54. The Morgan fingerprint density at radius 1 is 1.23 bits per heavy atom. The summed E-state index contributed by atoms with van der Waals surface area (Å²) < 4.78 is 0. The highest BCUT2D eigenvalue weighted by Crippen LogP contribution is 2.36. The number of likely N-dealkylation sites (tertiary alicyclic amines) is 1. The highest BCUT2D eigenvalue weighted by atomic mass is 32.2. The zero-order valence-corrected chi connectivity index (χ0v) is 18.6. The van der Waals surface area contributed by atoms with E-state index in [0.717, 1.165) is 41.6 Å². The van der Waals surface area contributed by atoms with Gasteiger partial charge in [0.25, 0.3) is 0 Å². The number of hydrogen-bond acceptors (Lipinski definition) is 5. The van der Waals surface area contributed by atoms with Crippen LogP contribution in [0.5, 0.6) is 0 Å². The normalized spacial score (nSPS) is 22.4. The van der Waals surface area contributed by atoms with Crippen molar-refractivity contribution in [3.8, 4) is 0 Å². The minimum atomic E-state index is -0.422. The third-order valence-corrected chi connectivity index (χ3v) is 6.27. The molecule has 1 unspecified atom stereocenters. The average molecular weight is 424 g/mol. The number of hydrogen-bond donors (Lipinski definition) is 2. The van der Waals surface area contributed by atoms with Gasteiger partial charge in [-0.2, -0.15) is 0 Å². The van der Waals surface area contributed by atoms with Gasteiger partial charge in [-0.25, -0.2) is 4.98 Å². The van der Waals surface area contributed by atoms with Gasteiger partial charge in [-0.15, -0.1) is 11.8 Å². The monoisotopic (exact) mass is 423 g/mol. The number of rotatable bonds is 3. The number of thioether (sulfide) groups is 1. The number of amides is 1. The van der Waals surface area contributed by atoms with Gasteiger partial charge in [0, 0.05) is 17.6 Å². The molecule has 7 heteroatoms. The molecule has 158 valence electrons. The second kappa shape index (κ2) is 8.30. The molecule has 2 aliphatic rings. The Morgan fingerprint density at radius 2 is 2.03 bits per heavy atom. The highest BCUT2D eigenvalue weighted by Gasteiger charge is 2.45. The summed E-state index contributed by atoms with van der Waals surface area (Å²) in [6, 6.07) is 14.0.